The van der Waals surface area contributed by atoms with E-state index >= 15 is 0 Å². The summed E-state index contributed by atoms with van der Waals surface area (Å²) in [4.78, 5) is 13.5. The summed E-state index contributed by atoms with van der Waals surface area (Å²) < 4.78 is 43.1. The second-order valence-electron chi connectivity index (χ2n) is 5.40. The van der Waals surface area contributed by atoms with Crippen molar-refractivity contribution in [1.82, 2.24) is 4.90 Å². The standard InChI is InChI=1S/C18H14F3NO2/c19-18(20,21)16-7-3-4-13(10-16)12-24-17(23)22-9-8-14-5-1-2-6-15(14)11-22/h1-10H,11-12H2. The second kappa shape index (κ2) is 6.39. The molecule has 2 aromatic rings. The summed E-state index contributed by atoms with van der Waals surface area (Å²) in [6, 6.07) is 12.4. The molecule has 0 fully saturated rings. The van der Waals surface area contributed by atoms with Gasteiger partial charge in [0.15, 0.2) is 0 Å². The van der Waals surface area contributed by atoms with Crippen LogP contribution in [0.15, 0.2) is 54.7 Å². The molecule has 3 rings (SSSR count). The summed E-state index contributed by atoms with van der Waals surface area (Å²) >= 11 is 0. The van der Waals surface area contributed by atoms with Crippen LogP contribution in [0.3, 0.4) is 0 Å². The summed E-state index contributed by atoms with van der Waals surface area (Å²) in [6.45, 7) is 0.156. The van der Waals surface area contributed by atoms with E-state index in [0.29, 0.717) is 12.1 Å². The zero-order valence-corrected chi connectivity index (χ0v) is 12.6. The minimum Gasteiger partial charge on any atom is -0.444 e. The number of benzene rings is 2. The zero-order chi connectivity index (χ0) is 17.2. The fourth-order valence-corrected chi connectivity index (χ4v) is 2.44. The van der Waals surface area contributed by atoms with Crippen molar-refractivity contribution in [2.75, 3.05) is 0 Å². The molecule has 1 amide bonds. The maximum absolute atomic E-state index is 12.7. The number of hydrogen-bond acceptors (Lipinski definition) is 2. The number of alkyl halides is 3. The summed E-state index contributed by atoms with van der Waals surface area (Å²) in [5, 5.41) is 0. The summed E-state index contributed by atoms with van der Waals surface area (Å²) in [7, 11) is 0. The van der Waals surface area contributed by atoms with E-state index in [0.717, 1.165) is 23.3 Å². The van der Waals surface area contributed by atoms with Crippen molar-refractivity contribution < 1.29 is 22.7 Å². The summed E-state index contributed by atoms with van der Waals surface area (Å²) in [5.74, 6) is 0. The van der Waals surface area contributed by atoms with Crippen molar-refractivity contribution in [2.45, 2.75) is 19.3 Å². The molecule has 0 radical (unpaired) electrons. The Hall–Kier alpha value is -2.76. The van der Waals surface area contributed by atoms with Crippen LogP contribution in [0.5, 0.6) is 0 Å². The first kappa shape index (κ1) is 16.1. The minimum atomic E-state index is -4.42. The highest BCUT2D eigenvalue weighted by molar-refractivity contribution is 5.72. The number of rotatable bonds is 2. The van der Waals surface area contributed by atoms with Gasteiger partial charge in [0.05, 0.1) is 12.1 Å². The molecule has 0 spiro atoms. The van der Waals surface area contributed by atoms with Gasteiger partial charge < -0.3 is 4.74 Å². The third kappa shape index (κ3) is 3.59. The van der Waals surface area contributed by atoms with Crippen molar-refractivity contribution in [1.29, 1.82) is 0 Å². The molecule has 0 atom stereocenters. The molecule has 3 nitrogen and oxygen atoms in total. The van der Waals surface area contributed by atoms with E-state index in [-0.39, 0.29) is 6.61 Å². The monoisotopic (exact) mass is 333 g/mol. The van der Waals surface area contributed by atoms with Gasteiger partial charge in [-0.05, 0) is 34.9 Å². The number of fused-ring (bicyclic) bond motifs is 1. The van der Waals surface area contributed by atoms with Crippen molar-refractivity contribution in [3.8, 4) is 0 Å². The van der Waals surface area contributed by atoms with Crippen LogP contribution < -0.4 is 0 Å². The van der Waals surface area contributed by atoms with E-state index in [1.54, 1.807) is 12.3 Å². The van der Waals surface area contributed by atoms with Crippen LogP contribution >= 0.6 is 0 Å². The lowest BCUT2D eigenvalue weighted by Crippen LogP contribution is -2.28. The maximum Gasteiger partial charge on any atom is 0.416 e. The number of halogens is 3. The number of hydrogen-bond donors (Lipinski definition) is 0. The molecule has 0 unspecified atom stereocenters. The molecule has 0 saturated carbocycles. The molecule has 2 aromatic carbocycles. The maximum atomic E-state index is 12.7. The molecule has 1 heterocycles. The van der Waals surface area contributed by atoms with Gasteiger partial charge in [0.1, 0.15) is 6.61 Å². The Bertz CT molecular complexity index is 784. The fraction of sp³-hybridized carbons (Fsp3) is 0.167. The van der Waals surface area contributed by atoms with Gasteiger partial charge in [0.25, 0.3) is 0 Å². The third-order valence-corrected chi connectivity index (χ3v) is 3.68. The summed E-state index contributed by atoms with van der Waals surface area (Å²) in [5.41, 5.74) is 1.54. The van der Waals surface area contributed by atoms with E-state index in [2.05, 4.69) is 0 Å². The topological polar surface area (TPSA) is 29.5 Å². The first-order valence-electron chi connectivity index (χ1n) is 7.29. The van der Waals surface area contributed by atoms with Gasteiger partial charge >= 0.3 is 12.3 Å². The zero-order valence-electron chi connectivity index (χ0n) is 12.6. The molecule has 6 heteroatoms. The first-order valence-corrected chi connectivity index (χ1v) is 7.29. The van der Waals surface area contributed by atoms with Crippen LogP contribution in [0, 0.1) is 0 Å². The molecule has 0 aromatic heterocycles. The highest BCUT2D eigenvalue weighted by Crippen LogP contribution is 2.29. The Morgan fingerprint density at radius 1 is 1.12 bits per heavy atom. The smallest absolute Gasteiger partial charge is 0.416 e. The Morgan fingerprint density at radius 3 is 2.71 bits per heavy atom. The predicted molar refractivity (Wildman–Crippen MR) is 82.6 cm³/mol. The number of ether oxygens (including phenoxy) is 1. The largest absolute Gasteiger partial charge is 0.444 e. The van der Waals surface area contributed by atoms with Gasteiger partial charge in [0, 0.05) is 6.20 Å². The van der Waals surface area contributed by atoms with Crippen LogP contribution in [-0.4, -0.2) is 11.0 Å². The summed E-state index contributed by atoms with van der Waals surface area (Å²) in [6.07, 6.45) is -1.61. The van der Waals surface area contributed by atoms with Gasteiger partial charge in [-0.2, -0.15) is 13.2 Å². The number of carbonyl (C=O) groups excluding carboxylic acids is 1. The molecule has 0 saturated heterocycles. The Kier molecular flexibility index (Phi) is 4.29. The molecule has 1 aliphatic rings. The number of nitrogens with zero attached hydrogens (tertiary/aromatic N) is 1. The average molecular weight is 333 g/mol. The van der Waals surface area contributed by atoms with E-state index in [9.17, 15) is 18.0 Å². The number of amides is 1. The lowest BCUT2D eigenvalue weighted by molar-refractivity contribution is -0.137. The van der Waals surface area contributed by atoms with Gasteiger partial charge in [-0.1, -0.05) is 36.4 Å². The highest BCUT2D eigenvalue weighted by Gasteiger charge is 2.30. The second-order valence-corrected chi connectivity index (χ2v) is 5.40. The Balaban J connectivity index is 1.63. The van der Waals surface area contributed by atoms with Crippen LogP contribution in [-0.2, 0) is 24.1 Å². The molecule has 1 aliphatic heterocycles. The van der Waals surface area contributed by atoms with Gasteiger partial charge in [-0.25, -0.2) is 4.79 Å². The van der Waals surface area contributed by atoms with E-state index < -0.39 is 17.8 Å². The molecule has 0 aliphatic carbocycles. The van der Waals surface area contributed by atoms with Crippen molar-refractivity contribution in [3.05, 3.63) is 77.0 Å². The lowest BCUT2D eigenvalue weighted by atomic mass is 10.1. The molecule has 0 N–H and O–H groups in total. The van der Waals surface area contributed by atoms with E-state index in [1.165, 1.54) is 17.0 Å². The van der Waals surface area contributed by atoms with Gasteiger partial charge in [-0.15, -0.1) is 0 Å². The minimum absolute atomic E-state index is 0.214. The van der Waals surface area contributed by atoms with E-state index in [1.807, 2.05) is 24.3 Å². The number of carbonyl (C=O) groups is 1. The molecule has 24 heavy (non-hydrogen) atoms. The van der Waals surface area contributed by atoms with Crippen molar-refractivity contribution >= 4 is 12.2 Å². The molecular formula is C18H14F3NO2. The van der Waals surface area contributed by atoms with Crippen LogP contribution in [0.2, 0.25) is 0 Å². The fourth-order valence-electron chi connectivity index (χ4n) is 2.44. The van der Waals surface area contributed by atoms with Gasteiger partial charge in [-0.3, -0.25) is 4.90 Å². The lowest BCUT2D eigenvalue weighted by Gasteiger charge is -2.23. The SMILES string of the molecule is O=C(OCc1cccc(C(F)(F)F)c1)N1C=Cc2ccccc2C1. The Morgan fingerprint density at radius 2 is 1.92 bits per heavy atom. The van der Waals surface area contributed by atoms with Crippen molar-refractivity contribution in [2.24, 2.45) is 0 Å². The predicted octanol–water partition coefficient (Wildman–Crippen LogP) is 4.83. The molecule has 124 valence electrons. The first-order chi connectivity index (χ1) is 11.4. The van der Waals surface area contributed by atoms with Gasteiger partial charge in [0.2, 0.25) is 0 Å². The Labute approximate surface area is 137 Å². The van der Waals surface area contributed by atoms with E-state index in [4.69, 9.17) is 4.74 Å². The highest BCUT2D eigenvalue weighted by atomic mass is 19.4. The normalized spacial score (nSPS) is 13.5. The molecular weight excluding hydrogens is 319 g/mol. The van der Waals surface area contributed by atoms with Crippen LogP contribution in [0.4, 0.5) is 18.0 Å². The van der Waals surface area contributed by atoms with Crippen molar-refractivity contribution in [3.63, 3.8) is 0 Å². The van der Waals surface area contributed by atoms with Crippen LogP contribution in [0.25, 0.3) is 6.08 Å². The average Bonchev–Trinajstić information content (AvgIpc) is 2.59. The molecule has 0 bridgehead atoms. The quantitative estimate of drug-likeness (QED) is 0.788. The van der Waals surface area contributed by atoms with Crippen LogP contribution in [0.1, 0.15) is 22.3 Å². The third-order valence-electron chi connectivity index (χ3n) is 3.68.